The molecule has 5 rings (SSSR count). The molecule has 14 heteroatoms. The number of imide groups is 1. The van der Waals surface area contributed by atoms with Crippen molar-refractivity contribution < 1.29 is 37.4 Å². The number of alkyl halides is 3. The molecule has 0 radical (unpaired) electrons. The Bertz CT molecular complexity index is 1530. The van der Waals surface area contributed by atoms with Crippen LogP contribution in [-0.4, -0.2) is 62.3 Å². The maximum atomic E-state index is 13.5. The van der Waals surface area contributed by atoms with Crippen LogP contribution in [0.15, 0.2) is 47.5 Å². The fourth-order valence-electron chi connectivity index (χ4n) is 4.84. The fourth-order valence-corrected chi connectivity index (χ4v) is 5.85. The number of hydrogen-bond acceptors (Lipinski definition) is 6. The molecule has 40 heavy (non-hydrogen) atoms. The van der Waals surface area contributed by atoms with Gasteiger partial charge >= 0.3 is 12.3 Å². The van der Waals surface area contributed by atoms with E-state index in [-0.39, 0.29) is 28.6 Å². The van der Waals surface area contributed by atoms with Crippen molar-refractivity contribution in [3.05, 3.63) is 69.2 Å². The number of rotatable bonds is 6. The van der Waals surface area contributed by atoms with Gasteiger partial charge in [0.15, 0.2) is 0 Å². The summed E-state index contributed by atoms with van der Waals surface area (Å²) in [5.41, 5.74) is -0.648. The number of carboxylic acid groups (broad SMARTS) is 1. The molecule has 3 heterocycles. The van der Waals surface area contributed by atoms with Crippen LogP contribution in [0.4, 0.5) is 22.8 Å². The summed E-state index contributed by atoms with van der Waals surface area (Å²) in [4.78, 5) is 38.4. The van der Waals surface area contributed by atoms with Crippen LogP contribution in [0.3, 0.4) is 0 Å². The van der Waals surface area contributed by atoms with Crippen molar-refractivity contribution in [2.24, 2.45) is 0 Å². The summed E-state index contributed by atoms with van der Waals surface area (Å²) >= 11 is 6.54. The van der Waals surface area contributed by atoms with Crippen LogP contribution >= 0.6 is 23.4 Å². The van der Waals surface area contributed by atoms with E-state index in [1.165, 1.54) is 23.0 Å². The van der Waals surface area contributed by atoms with E-state index in [0.29, 0.717) is 42.5 Å². The highest BCUT2D eigenvalue weighted by molar-refractivity contribution is 8.18. The molecule has 0 spiro atoms. The van der Waals surface area contributed by atoms with Gasteiger partial charge in [-0.1, -0.05) is 23.7 Å². The number of fused-ring (bicyclic) bond motifs is 1. The Balaban J connectivity index is 1.36. The molecule has 0 aliphatic carbocycles. The first kappa shape index (κ1) is 28.0. The van der Waals surface area contributed by atoms with Gasteiger partial charge in [0.05, 0.1) is 40.8 Å². The Morgan fingerprint density at radius 3 is 2.65 bits per heavy atom. The molecule has 0 unspecified atom stereocenters. The molecular formula is C26H22ClF3N4O5S. The van der Waals surface area contributed by atoms with Gasteiger partial charge in [-0.05, 0) is 66.1 Å². The first-order valence-electron chi connectivity index (χ1n) is 12.1. The standard InChI is InChI=1S/C26H22ClF3N4O5S/c27-18-3-2-16(19(11-18)26(28,29)30)13-34-20-4-1-15(9-17(20)12-31-34)10-21-22(35)33(24(38)40-21)14-25(32-23(36)37)5-7-39-8-6-25/h1-4,9-12,32H,5-8,13-14H2,(H,36,37). The SMILES string of the molecule is O=C(O)NC1(CN2C(=O)SC(=Cc3ccc4c(cnn4Cc4ccc(Cl)cc4C(F)(F)F)c3)C2=O)CCOCC1. The van der Waals surface area contributed by atoms with Gasteiger partial charge in [0.25, 0.3) is 11.1 Å². The van der Waals surface area contributed by atoms with E-state index in [1.54, 1.807) is 24.3 Å². The van der Waals surface area contributed by atoms with Crippen molar-refractivity contribution in [3.63, 3.8) is 0 Å². The average Bonchev–Trinajstić information content (AvgIpc) is 3.39. The summed E-state index contributed by atoms with van der Waals surface area (Å²) in [6.45, 7) is 0.358. The van der Waals surface area contributed by atoms with E-state index in [9.17, 15) is 32.7 Å². The lowest BCUT2D eigenvalue weighted by molar-refractivity contribution is -0.138. The predicted octanol–water partition coefficient (Wildman–Crippen LogP) is 5.61. The zero-order valence-electron chi connectivity index (χ0n) is 20.7. The molecule has 3 amide bonds. The van der Waals surface area contributed by atoms with E-state index >= 15 is 0 Å². The number of halogens is 4. The zero-order chi connectivity index (χ0) is 28.7. The number of carbonyl (C=O) groups excluding carboxylic acids is 2. The van der Waals surface area contributed by atoms with Crippen LogP contribution in [-0.2, 0) is 22.3 Å². The summed E-state index contributed by atoms with van der Waals surface area (Å²) in [7, 11) is 0. The summed E-state index contributed by atoms with van der Waals surface area (Å²) < 4.78 is 47.3. The van der Waals surface area contributed by atoms with Gasteiger partial charge in [0.1, 0.15) is 0 Å². The minimum Gasteiger partial charge on any atom is -0.465 e. The number of amides is 3. The van der Waals surface area contributed by atoms with E-state index < -0.39 is 34.5 Å². The molecule has 1 aromatic heterocycles. The third kappa shape index (κ3) is 5.81. The second-order valence-corrected chi connectivity index (χ2v) is 10.9. The lowest BCUT2D eigenvalue weighted by atomic mass is 9.89. The number of aromatic nitrogens is 2. The van der Waals surface area contributed by atoms with E-state index in [2.05, 4.69) is 10.4 Å². The quantitative estimate of drug-likeness (QED) is 0.357. The van der Waals surface area contributed by atoms with Crippen LogP contribution in [0, 0.1) is 0 Å². The highest BCUT2D eigenvalue weighted by atomic mass is 35.5. The van der Waals surface area contributed by atoms with Gasteiger partial charge in [-0.2, -0.15) is 18.3 Å². The smallest absolute Gasteiger partial charge is 0.416 e. The number of nitrogens with zero attached hydrogens (tertiary/aromatic N) is 3. The number of benzene rings is 2. The van der Waals surface area contributed by atoms with Crippen molar-refractivity contribution in [3.8, 4) is 0 Å². The van der Waals surface area contributed by atoms with Crippen LogP contribution in [0.5, 0.6) is 0 Å². The number of hydrogen-bond donors (Lipinski definition) is 2. The van der Waals surface area contributed by atoms with Gasteiger partial charge in [0, 0.05) is 23.6 Å². The molecule has 2 aliphatic heterocycles. The molecule has 9 nitrogen and oxygen atoms in total. The van der Waals surface area contributed by atoms with E-state index in [0.717, 1.165) is 22.7 Å². The predicted molar refractivity (Wildman–Crippen MR) is 142 cm³/mol. The highest BCUT2D eigenvalue weighted by Gasteiger charge is 2.43. The Morgan fingerprint density at radius 2 is 1.95 bits per heavy atom. The van der Waals surface area contributed by atoms with Crippen LogP contribution < -0.4 is 5.32 Å². The molecule has 0 atom stereocenters. The van der Waals surface area contributed by atoms with E-state index in [4.69, 9.17) is 16.3 Å². The molecule has 0 bridgehead atoms. The maximum absolute atomic E-state index is 13.5. The van der Waals surface area contributed by atoms with Crippen molar-refractivity contribution in [1.29, 1.82) is 0 Å². The monoisotopic (exact) mass is 594 g/mol. The number of thioether (sulfide) groups is 1. The Morgan fingerprint density at radius 1 is 1.20 bits per heavy atom. The van der Waals surface area contributed by atoms with Gasteiger partial charge in [-0.3, -0.25) is 19.2 Å². The van der Waals surface area contributed by atoms with Crippen molar-refractivity contribution in [2.45, 2.75) is 31.1 Å². The van der Waals surface area contributed by atoms with Gasteiger partial charge in [-0.25, -0.2) is 4.79 Å². The molecule has 3 aromatic rings. The Kier molecular flexibility index (Phi) is 7.55. The molecule has 2 aromatic carbocycles. The third-order valence-corrected chi connectivity index (χ3v) is 7.96. The number of carbonyl (C=O) groups is 3. The third-order valence-electron chi connectivity index (χ3n) is 6.82. The lowest BCUT2D eigenvalue weighted by Gasteiger charge is -2.38. The first-order chi connectivity index (χ1) is 18.9. The van der Waals surface area contributed by atoms with Crippen molar-refractivity contribution >= 4 is 57.6 Å². The van der Waals surface area contributed by atoms with Crippen molar-refractivity contribution in [2.75, 3.05) is 19.8 Å². The summed E-state index contributed by atoms with van der Waals surface area (Å²) in [5, 5.41) is 16.1. The van der Waals surface area contributed by atoms with Crippen LogP contribution in [0.1, 0.15) is 29.5 Å². The minimum absolute atomic E-state index is 0.0133. The maximum Gasteiger partial charge on any atom is 0.416 e. The molecule has 0 saturated carbocycles. The zero-order valence-corrected chi connectivity index (χ0v) is 22.3. The van der Waals surface area contributed by atoms with Gasteiger partial charge in [-0.15, -0.1) is 0 Å². The summed E-state index contributed by atoms with van der Waals surface area (Å²) in [6.07, 6.45) is -2.13. The summed E-state index contributed by atoms with van der Waals surface area (Å²) in [6, 6.07) is 8.66. The van der Waals surface area contributed by atoms with Gasteiger partial charge < -0.3 is 15.2 Å². The largest absolute Gasteiger partial charge is 0.465 e. The minimum atomic E-state index is -4.58. The summed E-state index contributed by atoms with van der Waals surface area (Å²) in [5.74, 6) is -0.536. The van der Waals surface area contributed by atoms with E-state index in [1.807, 2.05) is 0 Å². The fraction of sp³-hybridized carbons (Fsp3) is 0.308. The second-order valence-electron chi connectivity index (χ2n) is 9.51. The molecule has 2 fully saturated rings. The Labute approximate surface area is 234 Å². The molecule has 2 saturated heterocycles. The van der Waals surface area contributed by atoms with Crippen LogP contribution in [0.2, 0.25) is 5.02 Å². The molecule has 2 N–H and O–H groups in total. The molecular weight excluding hydrogens is 573 g/mol. The number of nitrogens with one attached hydrogen (secondary N) is 1. The number of ether oxygens (including phenoxy) is 1. The highest BCUT2D eigenvalue weighted by Crippen LogP contribution is 2.36. The average molecular weight is 595 g/mol. The molecule has 210 valence electrons. The normalized spacial score (nSPS) is 18.6. The lowest BCUT2D eigenvalue weighted by Crippen LogP contribution is -2.58. The second kappa shape index (κ2) is 10.8. The van der Waals surface area contributed by atoms with Gasteiger partial charge in [0.2, 0.25) is 0 Å². The first-order valence-corrected chi connectivity index (χ1v) is 13.3. The van der Waals surface area contributed by atoms with Crippen molar-refractivity contribution in [1.82, 2.24) is 20.0 Å². The van der Waals surface area contributed by atoms with Crippen LogP contribution in [0.25, 0.3) is 17.0 Å². The molecule has 2 aliphatic rings. The Hall–Kier alpha value is -3.55. The topological polar surface area (TPSA) is 114 Å².